The molecule has 0 amide bonds. The Balaban J connectivity index is 1.78. The van der Waals surface area contributed by atoms with Crippen LogP contribution in [0.15, 0.2) is 79.1 Å². The highest BCUT2D eigenvalue weighted by Crippen LogP contribution is 2.25. The Morgan fingerprint density at radius 3 is 2.45 bits per heavy atom. The lowest BCUT2D eigenvalue weighted by Gasteiger charge is -2.00. The molecule has 20 heavy (non-hydrogen) atoms. The lowest BCUT2D eigenvalue weighted by Crippen LogP contribution is -1.87. The summed E-state index contributed by atoms with van der Waals surface area (Å²) in [6, 6.07) is 23.0. The Hall–Kier alpha value is -2.74. The van der Waals surface area contributed by atoms with Crippen molar-refractivity contribution in [2.24, 2.45) is 0 Å². The number of hydrogen-bond acceptors (Lipinski definition) is 0. The summed E-state index contributed by atoms with van der Waals surface area (Å²) in [5.74, 6) is 0. The number of hydrogen-bond donors (Lipinski definition) is 1. The maximum absolute atomic E-state index is 3.46. The van der Waals surface area contributed by atoms with Crippen molar-refractivity contribution in [3.8, 4) is 16.9 Å². The van der Waals surface area contributed by atoms with E-state index in [4.69, 9.17) is 0 Å². The molecule has 0 fully saturated rings. The number of rotatable bonds is 2. The van der Waals surface area contributed by atoms with Crippen molar-refractivity contribution in [3.63, 3.8) is 0 Å². The van der Waals surface area contributed by atoms with E-state index in [9.17, 15) is 0 Å². The van der Waals surface area contributed by atoms with Crippen LogP contribution in [0, 0.1) is 0 Å². The van der Waals surface area contributed by atoms with Crippen LogP contribution in [-0.2, 0) is 0 Å². The van der Waals surface area contributed by atoms with Crippen LogP contribution in [0.5, 0.6) is 0 Å². The highest BCUT2D eigenvalue weighted by molar-refractivity contribution is 5.85. The smallest absolute Gasteiger partial charge is 0.0480 e. The number of nitrogens with zero attached hydrogens (tertiary/aromatic N) is 1. The van der Waals surface area contributed by atoms with E-state index in [1.807, 2.05) is 6.07 Å². The molecule has 4 rings (SSSR count). The van der Waals surface area contributed by atoms with Crippen molar-refractivity contribution >= 4 is 10.9 Å². The van der Waals surface area contributed by atoms with Gasteiger partial charge in [-0.15, -0.1) is 0 Å². The predicted molar refractivity (Wildman–Crippen MR) is 83.1 cm³/mol. The number of aromatic nitrogens is 2. The molecule has 2 heterocycles. The first-order valence-corrected chi connectivity index (χ1v) is 6.72. The number of aromatic amines is 1. The van der Waals surface area contributed by atoms with E-state index in [1.165, 1.54) is 22.2 Å². The summed E-state index contributed by atoms with van der Waals surface area (Å²) in [6.45, 7) is 0. The molecule has 96 valence electrons. The fraction of sp³-hybridized carbons (Fsp3) is 0. The molecule has 2 nitrogen and oxygen atoms in total. The normalized spacial score (nSPS) is 11.0. The molecular formula is C18H14N2. The number of nitrogens with one attached hydrogen (secondary N) is 1. The monoisotopic (exact) mass is 258 g/mol. The van der Waals surface area contributed by atoms with Crippen LogP contribution in [0.25, 0.3) is 27.8 Å². The summed E-state index contributed by atoms with van der Waals surface area (Å²) >= 11 is 0. The van der Waals surface area contributed by atoms with E-state index in [-0.39, 0.29) is 0 Å². The van der Waals surface area contributed by atoms with Crippen LogP contribution < -0.4 is 0 Å². The van der Waals surface area contributed by atoms with Crippen LogP contribution >= 0.6 is 0 Å². The van der Waals surface area contributed by atoms with Crippen molar-refractivity contribution < 1.29 is 0 Å². The van der Waals surface area contributed by atoms with Crippen LogP contribution in [0.1, 0.15) is 0 Å². The van der Waals surface area contributed by atoms with Crippen molar-refractivity contribution in [1.29, 1.82) is 0 Å². The Morgan fingerprint density at radius 1 is 0.800 bits per heavy atom. The second kappa shape index (κ2) is 4.42. The molecule has 0 aliphatic heterocycles. The highest BCUT2D eigenvalue weighted by Gasteiger charge is 2.05. The SMILES string of the molecule is c1ccc(-n2ccc(-c3cc4ccccc4[nH]3)c2)cc1. The van der Waals surface area contributed by atoms with E-state index >= 15 is 0 Å². The third kappa shape index (κ3) is 1.82. The molecule has 0 saturated heterocycles. The number of fused-ring (bicyclic) bond motifs is 1. The van der Waals surface area contributed by atoms with Gasteiger partial charge in [0.15, 0.2) is 0 Å². The van der Waals surface area contributed by atoms with Gasteiger partial charge in [-0.05, 0) is 30.3 Å². The molecule has 0 bridgehead atoms. The largest absolute Gasteiger partial charge is 0.354 e. The zero-order chi connectivity index (χ0) is 13.4. The number of para-hydroxylation sites is 2. The third-order valence-corrected chi connectivity index (χ3v) is 3.59. The summed E-state index contributed by atoms with van der Waals surface area (Å²) in [7, 11) is 0. The summed E-state index contributed by atoms with van der Waals surface area (Å²) in [6.07, 6.45) is 4.25. The molecule has 0 saturated carbocycles. The molecule has 2 aromatic carbocycles. The average molecular weight is 258 g/mol. The van der Waals surface area contributed by atoms with Gasteiger partial charge in [-0.1, -0.05) is 36.4 Å². The molecule has 0 aliphatic rings. The van der Waals surface area contributed by atoms with E-state index in [0.717, 1.165) is 5.69 Å². The summed E-state index contributed by atoms with van der Waals surface area (Å²) in [4.78, 5) is 3.46. The van der Waals surface area contributed by atoms with E-state index in [1.54, 1.807) is 0 Å². The predicted octanol–water partition coefficient (Wildman–Crippen LogP) is 4.63. The summed E-state index contributed by atoms with van der Waals surface area (Å²) in [5.41, 5.74) is 4.70. The minimum atomic E-state index is 1.15. The van der Waals surface area contributed by atoms with Gasteiger partial charge in [-0.3, -0.25) is 0 Å². The van der Waals surface area contributed by atoms with E-state index < -0.39 is 0 Å². The fourth-order valence-corrected chi connectivity index (χ4v) is 2.55. The number of H-pyrrole nitrogens is 1. The Bertz CT molecular complexity index is 820. The minimum absolute atomic E-state index is 1.15. The Labute approximate surface area is 117 Å². The zero-order valence-corrected chi connectivity index (χ0v) is 11.0. The molecule has 2 aromatic heterocycles. The van der Waals surface area contributed by atoms with Crippen LogP contribution in [0.3, 0.4) is 0 Å². The van der Waals surface area contributed by atoms with E-state index in [2.05, 4.69) is 82.6 Å². The van der Waals surface area contributed by atoms with Crippen LogP contribution in [-0.4, -0.2) is 9.55 Å². The molecule has 1 N–H and O–H groups in total. The maximum Gasteiger partial charge on any atom is 0.0480 e. The van der Waals surface area contributed by atoms with Crippen molar-refractivity contribution in [2.75, 3.05) is 0 Å². The topological polar surface area (TPSA) is 20.7 Å². The van der Waals surface area contributed by atoms with Crippen LogP contribution in [0.4, 0.5) is 0 Å². The average Bonchev–Trinajstić information content (AvgIpc) is 3.14. The Kier molecular flexibility index (Phi) is 2.46. The molecule has 0 spiro atoms. The standard InChI is InChI=1S/C18H14N2/c1-2-7-16(8-3-1)20-11-10-15(13-20)18-12-14-6-4-5-9-17(14)19-18/h1-13,19H. The zero-order valence-electron chi connectivity index (χ0n) is 11.0. The summed E-state index contributed by atoms with van der Waals surface area (Å²) in [5, 5.41) is 1.25. The first-order valence-electron chi connectivity index (χ1n) is 6.72. The molecule has 0 atom stereocenters. The molecule has 0 aliphatic carbocycles. The van der Waals surface area contributed by atoms with Gasteiger partial charge in [-0.2, -0.15) is 0 Å². The maximum atomic E-state index is 3.46. The van der Waals surface area contributed by atoms with Gasteiger partial charge in [0.25, 0.3) is 0 Å². The van der Waals surface area contributed by atoms with E-state index in [0.29, 0.717) is 0 Å². The van der Waals surface area contributed by atoms with Crippen LogP contribution in [0.2, 0.25) is 0 Å². The van der Waals surface area contributed by atoms with Crippen molar-refractivity contribution in [1.82, 2.24) is 9.55 Å². The Morgan fingerprint density at radius 2 is 1.60 bits per heavy atom. The lowest BCUT2D eigenvalue weighted by atomic mass is 10.2. The van der Waals surface area contributed by atoms with Gasteiger partial charge in [0.1, 0.15) is 0 Å². The first-order chi connectivity index (χ1) is 9.90. The first kappa shape index (κ1) is 11.1. The van der Waals surface area contributed by atoms with Gasteiger partial charge >= 0.3 is 0 Å². The minimum Gasteiger partial charge on any atom is -0.354 e. The number of benzene rings is 2. The third-order valence-electron chi connectivity index (χ3n) is 3.59. The molecule has 2 heteroatoms. The summed E-state index contributed by atoms with van der Waals surface area (Å²) < 4.78 is 2.14. The molecule has 0 unspecified atom stereocenters. The second-order valence-corrected chi connectivity index (χ2v) is 4.91. The van der Waals surface area contributed by atoms with Gasteiger partial charge in [0, 0.05) is 40.2 Å². The van der Waals surface area contributed by atoms with Gasteiger partial charge in [0.2, 0.25) is 0 Å². The highest BCUT2D eigenvalue weighted by atomic mass is 14.9. The lowest BCUT2D eigenvalue weighted by molar-refractivity contribution is 1.08. The fourth-order valence-electron chi connectivity index (χ4n) is 2.55. The molecular weight excluding hydrogens is 244 g/mol. The second-order valence-electron chi connectivity index (χ2n) is 4.91. The van der Waals surface area contributed by atoms with Crippen molar-refractivity contribution in [3.05, 3.63) is 79.1 Å². The quantitative estimate of drug-likeness (QED) is 0.541. The van der Waals surface area contributed by atoms with Gasteiger partial charge in [-0.25, -0.2) is 0 Å². The van der Waals surface area contributed by atoms with Crippen molar-refractivity contribution in [2.45, 2.75) is 0 Å². The molecule has 0 radical (unpaired) electrons. The van der Waals surface area contributed by atoms with Gasteiger partial charge in [0.05, 0.1) is 0 Å². The van der Waals surface area contributed by atoms with Gasteiger partial charge < -0.3 is 9.55 Å². The molecule has 4 aromatic rings.